The summed E-state index contributed by atoms with van der Waals surface area (Å²) >= 11 is 0. The van der Waals surface area contributed by atoms with E-state index >= 15 is 0 Å². The van der Waals surface area contributed by atoms with Crippen molar-refractivity contribution in [2.75, 3.05) is 21.4 Å². The second-order valence-corrected chi connectivity index (χ2v) is 12.8. The highest BCUT2D eigenvalue weighted by molar-refractivity contribution is 7.93. The molecule has 0 aliphatic rings. The van der Waals surface area contributed by atoms with Crippen LogP contribution in [0.5, 0.6) is 5.75 Å². The van der Waals surface area contributed by atoms with Gasteiger partial charge in [0, 0.05) is 16.9 Å². The monoisotopic (exact) mass is 593 g/mol. The van der Waals surface area contributed by atoms with Crippen molar-refractivity contribution in [3.05, 3.63) is 107 Å². The Balaban J connectivity index is 1.48. The first-order valence-electron chi connectivity index (χ1n) is 12.8. The summed E-state index contributed by atoms with van der Waals surface area (Å²) in [5.74, 6) is 0.0859. The lowest BCUT2D eigenvalue weighted by molar-refractivity contribution is 0.102. The molecule has 4 aromatic rings. The van der Waals surface area contributed by atoms with Gasteiger partial charge in [0.05, 0.1) is 22.1 Å². The second kappa shape index (κ2) is 12.0. The third-order valence-corrected chi connectivity index (χ3v) is 9.12. The van der Waals surface area contributed by atoms with Crippen LogP contribution in [0.15, 0.2) is 94.7 Å². The highest BCUT2D eigenvalue weighted by atomic mass is 32.2. The van der Waals surface area contributed by atoms with E-state index in [-0.39, 0.29) is 15.4 Å². The van der Waals surface area contributed by atoms with Crippen LogP contribution in [0, 0.1) is 20.8 Å². The predicted octanol–water partition coefficient (Wildman–Crippen LogP) is 5.86. The lowest BCUT2D eigenvalue weighted by Crippen LogP contribution is -2.18. The number of aryl methyl sites for hydroxylation is 3. The molecule has 3 N–H and O–H groups in total. The minimum absolute atomic E-state index is 0.00520. The molecular formula is C30H31N3O6S2. The Hall–Kier alpha value is -4.35. The zero-order chi connectivity index (χ0) is 29.8. The number of hydrogen-bond acceptors (Lipinski definition) is 6. The number of amides is 1. The fraction of sp³-hybridized carbons (Fsp3) is 0.167. The van der Waals surface area contributed by atoms with Gasteiger partial charge in [-0.1, -0.05) is 18.2 Å². The average molecular weight is 594 g/mol. The zero-order valence-corrected chi connectivity index (χ0v) is 24.7. The Bertz CT molecular complexity index is 1790. The lowest BCUT2D eigenvalue weighted by atomic mass is 10.1. The second-order valence-electron chi connectivity index (χ2n) is 9.45. The highest BCUT2D eigenvalue weighted by Crippen LogP contribution is 2.25. The summed E-state index contributed by atoms with van der Waals surface area (Å²) in [7, 11) is -7.85. The molecule has 41 heavy (non-hydrogen) atoms. The van der Waals surface area contributed by atoms with E-state index in [1.165, 1.54) is 36.4 Å². The lowest BCUT2D eigenvalue weighted by Gasteiger charge is -2.14. The molecule has 0 bridgehead atoms. The van der Waals surface area contributed by atoms with Crippen molar-refractivity contribution in [3.63, 3.8) is 0 Å². The first-order chi connectivity index (χ1) is 19.4. The third kappa shape index (κ3) is 7.24. The predicted molar refractivity (Wildman–Crippen MR) is 161 cm³/mol. The normalized spacial score (nSPS) is 11.5. The van der Waals surface area contributed by atoms with Crippen LogP contribution in [0.3, 0.4) is 0 Å². The van der Waals surface area contributed by atoms with Crippen LogP contribution in [0.2, 0.25) is 0 Å². The molecule has 0 atom stereocenters. The molecule has 0 heterocycles. The summed E-state index contributed by atoms with van der Waals surface area (Å²) < 4.78 is 62.5. The minimum atomic E-state index is -3.98. The van der Waals surface area contributed by atoms with Crippen molar-refractivity contribution in [1.29, 1.82) is 0 Å². The van der Waals surface area contributed by atoms with Crippen molar-refractivity contribution in [3.8, 4) is 5.75 Å². The molecule has 0 saturated carbocycles. The van der Waals surface area contributed by atoms with E-state index < -0.39 is 26.0 Å². The fourth-order valence-corrected chi connectivity index (χ4v) is 6.45. The number of rotatable bonds is 10. The smallest absolute Gasteiger partial charge is 0.262 e. The van der Waals surface area contributed by atoms with Crippen LogP contribution < -0.4 is 19.5 Å². The maximum Gasteiger partial charge on any atom is 0.262 e. The van der Waals surface area contributed by atoms with Gasteiger partial charge in [0.25, 0.3) is 26.0 Å². The Morgan fingerprint density at radius 2 is 1.34 bits per heavy atom. The highest BCUT2D eigenvalue weighted by Gasteiger charge is 2.21. The van der Waals surface area contributed by atoms with Crippen LogP contribution in [-0.2, 0) is 20.0 Å². The van der Waals surface area contributed by atoms with Gasteiger partial charge < -0.3 is 10.1 Å². The maximum absolute atomic E-state index is 13.2. The number of carbonyl (C=O) groups excluding carboxylic acids is 1. The Labute approximate surface area is 240 Å². The molecular weight excluding hydrogens is 562 g/mol. The molecule has 0 aliphatic carbocycles. The quantitative estimate of drug-likeness (QED) is 0.211. The van der Waals surface area contributed by atoms with Gasteiger partial charge in [0.2, 0.25) is 0 Å². The molecule has 0 fully saturated rings. The summed E-state index contributed by atoms with van der Waals surface area (Å²) in [6.45, 7) is 7.69. The molecule has 214 valence electrons. The van der Waals surface area contributed by atoms with Gasteiger partial charge in [-0.2, -0.15) is 0 Å². The first-order valence-corrected chi connectivity index (χ1v) is 15.7. The van der Waals surface area contributed by atoms with E-state index in [1.54, 1.807) is 50.2 Å². The summed E-state index contributed by atoms with van der Waals surface area (Å²) in [6, 6.07) is 22.1. The number of hydrogen-bond donors (Lipinski definition) is 3. The van der Waals surface area contributed by atoms with Gasteiger partial charge in [0.15, 0.2) is 0 Å². The third-order valence-electron chi connectivity index (χ3n) is 6.22. The number of anilines is 3. The molecule has 1 amide bonds. The molecule has 0 spiro atoms. The van der Waals surface area contributed by atoms with E-state index in [1.807, 2.05) is 26.0 Å². The Morgan fingerprint density at radius 1 is 0.707 bits per heavy atom. The Morgan fingerprint density at radius 3 is 2.00 bits per heavy atom. The van der Waals surface area contributed by atoms with Crippen molar-refractivity contribution in [2.45, 2.75) is 37.5 Å². The van der Waals surface area contributed by atoms with Gasteiger partial charge in [-0.15, -0.1) is 0 Å². The SMILES string of the molecule is CCOc1ccc(NS(=O)(=O)c2ccc(NC(=O)c3ccc(C)c(S(=O)(=O)Nc4cc(C)ccc4C)c3)cc2)cc1. The molecule has 0 radical (unpaired) electrons. The molecule has 9 nitrogen and oxygen atoms in total. The molecule has 0 aliphatic heterocycles. The molecule has 0 unspecified atom stereocenters. The average Bonchev–Trinajstić information content (AvgIpc) is 2.92. The van der Waals surface area contributed by atoms with Gasteiger partial charge >= 0.3 is 0 Å². The van der Waals surface area contributed by atoms with Crippen molar-refractivity contribution >= 4 is 43.0 Å². The van der Waals surface area contributed by atoms with Gasteiger partial charge in [-0.3, -0.25) is 14.2 Å². The van der Waals surface area contributed by atoms with Gasteiger partial charge in [-0.05, 0) is 111 Å². The van der Waals surface area contributed by atoms with E-state index in [2.05, 4.69) is 14.8 Å². The van der Waals surface area contributed by atoms with Gasteiger partial charge in [-0.25, -0.2) is 16.8 Å². The van der Waals surface area contributed by atoms with E-state index in [0.29, 0.717) is 35.0 Å². The van der Waals surface area contributed by atoms with Crippen LogP contribution in [-0.4, -0.2) is 29.3 Å². The summed E-state index contributed by atoms with van der Waals surface area (Å²) in [5.41, 5.74) is 3.47. The molecule has 4 rings (SSSR count). The van der Waals surface area contributed by atoms with E-state index in [0.717, 1.165) is 11.1 Å². The number of nitrogens with one attached hydrogen (secondary N) is 3. The summed E-state index contributed by atoms with van der Waals surface area (Å²) in [6.07, 6.45) is 0. The van der Waals surface area contributed by atoms with Crippen LogP contribution >= 0.6 is 0 Å². The number of benzene rings is 4. The molecule has 4 aromatic carbocycles. The van der Waals surface area contributed by atoms with Gasteiger partial charge in [0.1, 0.15) is 5.75 Å². The first kappa shape index (κ1) is 29.6. The number of ether oxygens (including phenoxy) is 1. The van der Waals surface area contributed by atoms with E-state index in [4.69, 9.17) is 4.74 Å². The molecule has 0 saturated heterocycles. The topological polar surface area (TPSA) is 131 Å². The van der Waals surface area contributed by atoms with Crippen molar-refractivity contribution < 1.29 is 26.4 Å². The summed E-state index contributed by atoms with van der Waals surface area (Å²) in [5, 5.41) is 2.69. The minimum Gasteiger partial charge on any atom is -0.494 e. The van der Waals surface area contributed by atoms with Crippen molar-refractivity contribution in [2.24, 2.45) is 0 Å². The maximum atomic E-state index is 13.2. The van der Waals surface area contributed by atoms with Crippen LogP contribution in [0.4, 0.5) is 17.1 Å². The van der Waals surface area contributed by atoms with Crippen molar-refractivity contribution in [1.82, 2.24) is 0 Å². The van der Waals surface area contributed by atoms with Crippen LogP contribution in [0.1, 0.15) is 34.0 Å². The molecule has 0 aromatic heterocycles. The fourth-order valence-electron chi connectivity index (χ4n) is 4.00. The zero-order valence-electron chi connectivity index (χ0n) is 23.1. The number of sulfonamides is 2. The largest absolute Gasteiger partial charge is 0.494 e. The standard InChI is InChI=1S/C30H31N3O6S2/c1-5-39-26-14-10-25(11-15-26)32-40(35,36)27-16-12-24(13-17-27)31-30(34)23-9-8-22(4)29(19-23)41(37,38)33-28-18-20(2)6-7-21(28)3/h6-19,32-33H,5H2,1-4H3,(H,31,34). The van der Waals surface area contributed by atoms with Crippen LogP contribution in [0.25, 0.3) is 0 Å². The van der Waals surface area contributed by atoms with E-state index in [9.17, 15) is 21.6 Å². The summed E-state index contributed by atoms with van der Waals surface area (Å²) in [4.78, 5) is 13.0. The molecule has 11 heteroatoms. The number of carbonyl (C=O) groups is 1. The Kier molecular flexibility index (Phi) is 8.69.